The second kappa shape index (κ2) is 13.7. The third-order valence-electron chi connectivity index (χ3n) is 5.74. The van der Waals surface area contributed by atoms with Crippen LogP contribution in [-0.2, 0) is 16.0 Å². The predicted octanol–water partition coefficient (Wildman–Crippen LogP) is 3.35. The molecule has 3 rings (SSSR count). The highest BCUT2D eigenvalue weighted by Gasteiger charge is 2.20. The van der Waals surface area contributed by atoms with Crippen LogP contribution in [0.5, 0.6) is 11.5 Å². The SMILES string of the molecule is CNc1ccc(OCCC(=O)N[C@@H](Cc2ccc(OCCOC)cc2)CN2CCCC2)cc1. The molecule has 1 amide bonds. The minimum absolute atomic E-state index is 0.0190. The number of nitrogens with one attached hydrogen (secondary N) is 2. The van der Waals surface area contributed by atoms with Gasteiger partial charge in [0.05, 0.1) is 19.6 Å². The molecular weight excluding hydrogens is 418 g/mol. The lowest BCUT2D eigenvalue weighted by Crippen LogP contribution is -2.44. The molecule has 0 aliphatic carbocycles. The molecule has 0 unspecified atom stereocenters. The summed E-state index contributed by atoms with van der Waals surface area (Å²) in [6, 6.07) is 15.9. The second-order valence-corrected chi connectivity index (χ2v) is 8.33. The summed E-state index contributed by atoms with van der Waals surface area (Å²) in [5.41, 5.74) is 2.21. The Hall–Kier alpha value is -2.77. The molecule has 1 aliphatic heterocycles. The van der Waals surface area contributed by atoms with E-state index < -0.39 is 0 Å². The standard InChI is InChI=1S/C26H37N3O4/c1-27-22-7-11-25(12-8-22)32-16-13-26(30)28-23(20-29-14-3-4-15-29)19-21-5-9-24(10-6-21)33-18-17-31-2/h5-12,23,27H,3-4,13-20H2,1-2H3,(H,28,30)/t23-/m0/s1. The monoisotopic (exact) mass is 455 g/mol. The highest BCUT2D eigenvalue weighted by atomic mass is 16.5. The summed E-state index contributed by atoms with van der Waals surface area (Å²) in [6.45, 7) is 4.52. The molecule has 0 bridgehead atoms. The molecule has 7 nitrogen and oxygen atoms in total. The highest BCUT2D eigenvalue weighted by molar-refractivity contribution is 5.76. The zero-order valence-corrected chi connectivity index (χ0v) is 19.8. The Bertz CT molecular complexity index is 820. The first kappa shape index (κ1) is 24.9. The van der Waals surface area contributed by atoms with Gasteiger partial charge in [-0.05, 0) is 74.3 Å². The molecule has 1 atom stereocenters. The first-order valence-corrected chi connectivity index (χ1v) is 11.8. The number of benzene rings is 2. The van der Waals surface area contributed by atoms with E-state index in [-0.39, 0.29) is 11.9 Å². The van der Waals surface area contributed by atoms with Gasteiger partial charge in [0.1, 0.15) is 18.1 Å². The quantitative estimate of drug-likeness (QED) is 0.426. The molecule has 7 heteroatoms. The van der Waals surface area contributed by atoms with Crippen molar-refractivity contribution in [1.82, 2.24) is 10.2 Å². The fourth-order valence-corrected chi connectivity index (χ4v) is 3.97. The molecular formula is C26H37N3O4. The number of likely N-dealkylation sites (tertiary alicyclic amines) is 1. The summed E-state index contributed by atoms with van der Waals surface area (Å²) in [5.74, 6) is 1.62. The van der Waals surface area contributed by atoms with Crippen molar-refractivity contribution in [3.8, 4) is 11.5 Å². The zero-order chi connectivity index (χ0) is 23.3. The Morgan fingerprint density at radius 3 is 2.21 bits per heavy atom. The number of methoxy groups -OCH3 is 1. The van der Waals surface area contributed by atoms with Crippen LogP contribution in [0.2, 0.25) is 0 Å². The number of anilines is 1. The Labute approximate surface area is 197 Å². The average molecular weight is 456 g/mol. The van der Waals surface area contributed by atoms with Gasteiger partial charge in [0.2, 0.25) is 5.91 Å². The molecule has 0 radical (unpaired) electrons. The number of nitrogens with zero attached hydrogens (tertiary/aromatic N) is 1. The van der Waals surface area contributed by atoms with Crippen LogP contribution in [0.25, 0.3) is 0 Å². The van der Waals surface area contributed by atoms with E-state index in [0.29, 0.717) is 26.2 Å². The Morgan fingerprint density at radius 1 is 0.939 bits per heavy atom. The van der Waals surface area contributed by atoms with E-state index in [1.165, 1.54) is 18.4 Å². The Balaban J connectivity index is 1.49. The average Bonchev–Trinajstić information content (AvgIpc) is 3.34. The van der Waals surface area contributed by atoms with Crippen LogP contribution in [-0.4, -0.2) is 70.5 Å². The van der Waals surface area contributed by atoms with Gasteiger partial charge >= 0.3 is 0 Å². The minimum atomic E-state index is 0.0190. The fourth-order valence-electron chi connectivity index (χ4n) is 3.97. The van der Waals surface area contributed by atoms with E-state index in [2.05, 4.69) is 27.7 Å². The van der Waals surface area contributed by atoms with Gasteiger partial charge in [0.25, 0.3) is 0 Å². The van der Waals surface area contributed by atoms with Crippen molar-refractivity contribution < 1.29 is 19.0 Å². The van der Waals surface area contributed by atoms with E-state index >= 15 is 0 Å². The maximum absolute atomic E-state index is 12.7. The van der Waals surface area contributed by atoms with Crippen molar-refractivity contribution in [2.75, 3.05) is 58.9 Å². The molecule has 1 fully saturated rings. The minimum Gasteiger partial charge on any atom is -0.493 e. The van der Waals surface area contributed by atoms with Crippen molar-refractivity contribution in [2.45, 2.75) is 31.7 Å². The van der Waals surface area contributed by atoms with E-state index in [0.717, 1.165) is 43.2 Å². The lowest BCUT2D eigenvalue weighted by Gasteiger charge is -2.25. The fraction of sp³-hybridized carbons (Fsp3) is 0.500. The predicted molar refractivity (Wildman–Crippen MR) is 131 cm³/mol. The normalized spacial score (nSPS) is 14.6. The number of hydrogen-bond acceptors (Lipinski definition) is 6. The number of hydrogen-bond donors (Lipinski definition) is 2. The first-order valence-electron chi connectivity index (χ1n) is 11.8. The molecule has 180 valence electrons. The van der Waals surface area contributed by atoms with Crippen LogP contribution < -0.4 is 20.1 Å². The maximum atomic E-state index is 12.7. The van der Waals surface area contributed by atoms with Crippen LogP contribution in [0.4, 0.5) is 5.69 Å². The topological polar surface area (TPSA) is 72.1 Å². The Morgan fingerprint density at radius 2 is 1.58 bits per heavy atom. The van der Waals surface area contributed by atoms with Crippen LogP contribution in [0, 0.1) is 0 Å². The number of rotatable bonds is 14. The van der Waals surface area contributed by atoms with Gasteiger partial charge < -0.3 is 29.7 Å². The van der Waals surface area contributed by atoms with E-state index in [1.807, 2.05) is 43.4 Å². The Kier molecular flexibility index (Phi) is 10.3. The van der Waals surface area contributed by atoms with E-state index in [9.17, 15) is 4.79 Å². The van der Waals surface area contributed by atoms with Crippen molar-refractivity contribution in [2.24, 2.45) is 0 Å². The van der Waals surface area contributed by atoms with Crippen molar-refractivity contribution >= 4 is 11.6 Å². The zero-order valence-electron chi connectivity index (χ0n) is 19.8. The van der Waals surface area contributed by atoms with Gasteiger partial charge in [-0.25, -0.2) is 0 Å². The second-order valence-electron chi connectivity index (χ2n) is 8.33. The molecule has 1 aliphatic rings. The highest BCUT2D eigenvalue weighted by Crippen LogP contribution is 2.17. The lowest BCUT2D eigenvalue weighted by atomic mass is 10.0. The van der Waals surface area contributed by atoms with Crippen LogP contribution in [0.1, 0.15) is 24.8 Å². The molecule has 0 aromatic heterocycles. The lowest BCUT2D eigenvalue weighted by molar-refractivity contribution is -0.122. The van der Waals surface area contributed by atoms with Gasteiger partial charge in [0.15, 0.2) is 0 Å². The largest absolute Gasteiger partial charge is 0.493 e. The summed E-state index contributed by atoms with van der Waals surface area (Å²) >= 11 is 0. The number of carbonyl (C=O) groups is 1. The van der Waals surface area contributed by atoms with E-state index in [1.54, 1.807) is 7.11 Å². The van der Waals surface area contributed by atoms with Crippen LogP contribution in [0.3, 0.4) is 0 Å². The van der Waals surface area contributed by atoms with Crippen LogP contribution >= 0.6 is 0 Å². The number of carbonyl (C=O) groups excluding carboxylic acids is 1. The van der Waals surface area contributed by atoms with E-state index in [4.69, 9.17) is 14.2 Å². The van der Waals surface area contributed by atoms with Gasteiger partial charge in [-0.2, -0.15) is 0 Å². The van der Waals surface area contributed by atoms with Crippen LogP contribution in [0.15, 0.2) is 48.5 Å². The molecule has 1 saturated heterocycles. The summed E-state index contributed by atoms with van der Waals surface area (Å²) < 4.78 is 16.4. The van der Waals surface area contributed by atoms with Gasteiger partial charge in [-0.15, -0.1) is 0 Å². The molecule has 2 aromatic carbocycles. The van der Waals surface area contributed by atoms with Crippen molar-refractivity contribution in [3.05, 3.63) is 54.1 Å². The summed E-state index contributed by atoms with van der Waals surface area (Å²) in [7, 11) is 3.54. The molecule has 2 N–H and O–H groups in total. The number of ether oxygens (including phenoxy) is 3. The summed E-state index contributed by atoms with van der Waals surface area (Å²) in [5, 5.41) is 6.31. The van der Waals surface area contributed by atoms with Crippen molar-refractivity contribution in [1.29, 1.82) is 0 Å². The molecule has 0 saturated carbocycles. The summed E-state index contributed by atoms with van der Waals surface area (Å²) in [4.78, 5) is 15.1. The van der Waals surface area contributed by atoms with Gasteiger partial charge in [-0.3, -0.25) is 4.79 Å². The maximum Gasteiger partial charge on any atom is 0.223 e. The van der Waals surface area contributed by atoms with Crippen molar-refractivity contribution in [3.63, 3.8) is 0 Å². The van der Waals surface area contributed by atoms with Gasteiger partial charge in [0, 0.05) is 32.4 Å². The third kappa shape index (κ3) is 8.94. The number of amides is 1. The molecule has 0 spiro atoms. The third-order valence-corrected chi connectivity index (χ3v) is 5.74. The first-order chi connectivity index (χ1) is 16.2. The van der Waals surface area contributed by atoms with Gasteiger partial charge in [-0.1, -0.05) is 12.1 Å². The summed E-state index contributed by atoms with van der Waals surface area (Å²) in [6.07, 6.45) is 3.58. The molecule has 1 heterocycles. The molecule has 2 aromatic rings. The molecule has 33 heavy (non-hydrogen) atoms. The smallest absolute Gasteiger partial charge is 0.223 e.